The summed E-state index contributed by atoms with van der Waals surface area (Å²) in [6.45, 7) is 0. The number of nitrogens with zero attached hydrogens (tertiary/aromatic N) is 1. The monoisotopic (exact) mass is 343 g/mol. The van der Waals surface area contributed by atoms with Crippen molar-refractivity contribution in [2.75, 3.05) is 0 Å². The molecule has 0 bridgehead atoms. The maximum Gasteiger partial charge on any atom is 0.159 e. The summed E-state index contributed by atoms with van der Waals surface area (Å²) in [6.07, 6.45) is 0. The lowest BCUT2D eigenvalue weighted by atomic mass is 10.2. The number of nitriles is 1. The molecule has 0 saturated heterocycles. The predicted molar refractivity (Wildman–Crippen MR) is 69.3 cm³/mol. The largest absolute Gasteiger partial charge is 0.204 e. The molecule has 0 saturated carbocycles. The second kappa shape index (κ2) is 5.68. The highest BCUT2D eigenvalue weighted by molar-refractivity contribution is 9.10. The van der Waals surface area contributed by atoms with Gasteiger partial charge in [0.15, 0.2) is 17.5 Å². The first-order chi connectivity index (χ1) is 9.02. The van der Waals surface area contributed by atoms with Crippen LogP contribution in [0.25, 0.3) is 0 Å². The smallest absolute Gasteiger partial charge is 0.159 e. The van der Waals surface area contributed by atoms with Gasteiger partial charge in [0.05, 0.1) is 10.0 Å². The van der Waals surface area contributed by atoms with Crippen LogP contribution in [0.1, 0.15) is 5.56 Å². The zero-order valence-corrected chi connectivity index (χ0v) is 11.7. The van der Waals surface area contributed by atoms with Gasteiger partial charge < -0.3 is 0 Å². The maximum absolute atomic E-state index is 13.9. The lowest BCUT2D eigenvalue weighted by Gasteiger charge is -2.06. The van der Waals surface area contributed by atoms with Crippen LogP contribution in [0.3, 0.4) is 0 Å². The highest BCUT2D eigenvalue weighted by atomic mass is 79.9. The van der Waals surface area contributed by atoms with E-state index in [2.05, 4.69) is 15.9 Å². The van der Waals surface area contributed by atoms with E-state index in [9.17, 15) is 13.2 Å². The van der Waals surface area contributed by atoms with Crippen molar-refractivity contribution in [3.05, 3.63) is 57.8 Å². The Morgan fingerprint density at radius 2 is 1.79 bits per heavy atom. The second-order valence-electron chi connectivity index (χ2n) is 3.53. The second-order valence-corrected chi connectivity index (χ2v) is 5.44. The van der Waals surface area contributed by atoms with Crippen LogP contribution in [0.4, 0.5) is 13.2 Å². The summed E-state index contributed by atoms with van der Waals surface area (Å²) in [7, 11) is 0. The van der Waals surface area contributed by atoms with E-state index in [0.29, 0.717) is 4.90 Å². The van der Waals surface area contributed by atoms with Gasteiger partial charge in [0.2, 0.25) is 0 Å². The minimum atomic E-state index is -0.988. The third kappa shape index (κ3) is 2.94. The van der Waals surface area contributed by atoms with E-state index < -0.39 is 17.5 Å². The summed E-state index contributed by atoms with van der Waals surface area (Å²) < 4.78 is 39.8. The summed E-state index contributed by atoms with van der Waals surface area (Å²) in [5.74, 6) is -2.54. The quantitative estimate of drug-likeness (QED) is 0.775. The number of hydrogen-bond acceptors (Lipinski definition) is 2. The molecule has 0 aromatic heterocycles. The Kier molecular flexibility index (Phi) is 4.17. The Hall–Kier alpha value is -1.45. The molecule has 0 N–H and O–H groups in total. The number of hydrogen-bond donors (Lipinski definition) is 0. The van der Waals surface area contributed by atoms with E-state index in [0.717, 1.165) is 23.9 Å². The molecular formula is C13H5BrF3NS. The SMILES string of the molecule is N#Cc1ccc(Sc2ccc(F)c(F)c2)c(F)c1Br. The van der Waals surface area contributed by atoms with Crippen molar-refractivity contribution in [1.82, 2.24) is 0 Å². The number of rotatable bonds is 2. The van der Waals surface area contributed by atoms with Gasteiger partial charge in [-0.3, -0.25) is 0 Å². The van der Waals surface area contributed by atoms with Gasteiger partial charge in [0.1, 0.15) is 6.07 Å². The summed E-state index contributed by atoms with van der Waals surface area (Å²) in [5, 5.41) is 8.75. The molecule has 0 aliphatic carbocycles. The Labute approximate surface area is 120 Å². The van der Waals surface area contributed by atoms with E-state index in [1.165, 1.54) is 18.2 Å². The Balaban J connectivity index is 2.36. The fraction of sp³-hybridized carbons (Fsp3) is 0. The molecule has 0 aliphatic heterocycles. The molecule has 19 heavy (non-hydrogen) atoms. The van der Waals surface area contributed by atoms with Gasteiger partial charge in [-0.1, -0.05) is 11.8 Å². The molecule has 0 amide bonds. The zero-order valence-electron chi connectivity index (χ0n) is 9.25. The van der Waals surface area contributed by atoms with E-state index in [1.807, 2.05) is 6.07 Å². The van der Waals surface area contributed by atoms with Crippen LogP contribution in [0, 0.1) is 28.8 Å². The highest BCUT2D eigenvalue weighted by Gasteiger charge is 2.13. The van der Waals surface area contributed by atoms with Crippen molar-refractivity contribution in [2.45, 2.75) is 9.79 Å². The number of benzene rings is 2. The van der Waals surface area contributed by atoms with E-state index in [1.54, 1.807) is 0 Å². The van der Waals surface area contributed by atoms with E-state index in [-0.39, 0.29) is 14.9 Å². The molecule has 2 aromatic carbocycles. The summed E-state index contributed by atoms with van der Waals surface area (Å²) in [5.41, 5.74) is 0.173. The lowest BCUT2D eigenvalue weighted by Crippen LogP contribution is -1.89. The molecule has 0 heterocycles. The normalized spacial score (nSPS) is 10.3. The molecule has 6 heteroatoms. The van der Waals surface area contributed by atoms with Gasteiger partial charge >= 0.3 is 0 Å². The van der Waals surface area contributed by atoms with Gasteiger partial charge in [-0.15, -0.1) is 0 Å². The molecule has 0 radical (unpaired) electrons. The van der Waals surface area contributed by atoms with Crippen LogP contribution in [0.2, 0.25) is 0 Å². The minimum absolute atomic E-state index is 0.0579. The fourth-order valence-corrected chi connectivity index (χ4v) is 2.81. The topological polar surface area (TPSA) is 23.8 Å². The van der Waals surface area contributed by atoms with Crippen LogP contribution in [-0.2, 0) is 0 Å². The fourth-order valence-electron chi connectivity index (χ4n) is 1.36. The lowest BCUT2D eigenvalue weighted by molar-refractivity contribution is 0.506. The van der Waals surface area contributed by atoms with Crippen molar-refractivity contribution in [3.63, 3.8) is 0 Å². The molecule has 2 rings (SSSR count). The molecule has 1 nitrogen and oxygen atoms in total. The summed E-state index contributed by atoms with van der Waals surface area (Å²) in [6, 6.07) is 8.04. The first-order valence-electron chi connectivity index (χ1n) is 5.04. The van der Waals surface area contributed by atoms with Crippen LogP contribution in [-0.4, -0.2) is 0 Å². The van der Waals surface area contributed by atoms with E-state index >= 15 is 0 Å². The Bertz CT molecular complexity index is 682. The van der Waals surface area contributed by atoms with Crippen molar-refractivity contribution in [2.24, 2.45) is 0 Å². The molecule has 0 spiro atoms. The molecule has 2 aromatic rings. The predicted octanol–water partition coefficient (Wildman–Crippen LogP) is 4.89. The minimum Gasteiger partial charge on any atom is -0.204 e. The third-order valence-corrected chi connectivity index (χ3v) is 4.09. The van der Waals surface area contributed by atoms with Gasteiger partial charge in [-0.25, -0.2) is 13.2 Å². The van der Waals surface area contributed by atoms with Gasteiger partial charge in [-0.2, -0.15) is 5.26 Å². The molecule has 0 atom stereocenters. The molecular weight excluding hydrogens is 339 g/mol. The van der Waals surface area contributed by atoms with Crippen molar-refractivity contribution in [1.29, 1.82) is 5.26 Å². The number of halogens is 4. The summed E-state index contributed by atoms with van der Waals surface area (Å²) >= 11 is 3.94. The van der Waals surface area contributed by atoms with Crippen molar-refractivity contribution < 1.29 is 13.2 Å². The van der Waals surface area contributed by atoms with Crippen LogP contribution >= 0.6 is 27.7 Å². The van der Waals surface area contributed by atoms with E-state index in [4.69, 9.17) is 5.26 Å². The average molecular weight is 344 g/mol. The van der Waals surface area contributed by atoms with Gasteiger partial charge in [-0.05, 0) is 46.3 Å². The van der Waals surface area contributed by atoms with Crippen LogP contribution in [0.5, 0.6) is 0 Å². The first kappa shape index (κ1) is 14.0. The van der Waals surface area contributed by atoms with Gasteiger partial charge in [0, 0.05) is 9.79 Å². The Morgan fingerprint density at radius 1 is 1.05 bits per heavy atom. The average Bonchev–Trinajstić information content (AvgIpc) is 2.40. The van der Waals surface area contributed by atoms with Crippen LogP contribution < -0.4 is 0 Å². The molecule has 0 unspecified atom stereocenters. The Morgan fingerprint density at radius 3 is 2.42 bits per heavy atom. The highest BCUT2D eigenvalue weighted by Crippen LogP contribution is 2.34. The first-order valence-corrected chi connectivity index (χ1v) is 6.65. The third-order valence-electron chi connectivity index (χ3n) is 2.29. The van der Waals surface area contributed by atoms with Crippen molar-refractivity contribution >= 4 is 27.7 Å². The standard InChI is InChI=1S/C13H5BrF3NS/c14-12-7(6-18)1-4-11(13(12)17)19-8-2-3-9(15)10(16)5-8/h1-5H. The van der Waals surface area contributed by atoms with Gasteiger partial charge in [0.25, 0.3) is 0 Å². The summed E-state index contributed by atoms with van der Waals surface area (Å²) in [4.78, 5) is 0.589. The van der Waals surface area contributed by atoms with Crippen molar-refractivity contribution in [3.8, 4) is 6.07 Å². The maximum atomic E-state index is 13.9. The molecule has 0 fully saturated rings. The molecule has 0 aliphatic rings. The molecule has 96 valence electrons. The van der Waals surface area contributed by atoms with Crippen LogP contribution in [0.15, 0.2) is 44.6 Å². The zero-order chi connectivity index (χ0) is 14.0.